The molecular formula is C12H13N5O5. The fraction of sp³-hybridized carbons (Fsp3) is 0.417. The highest BCUT2D eigenvalue weighted by Crippen LogP contribution is 2.30. The van der Waals surface area contributed by atoms with Crippen LogP contribution in [-0.2, 0) is 4.74 Å². The SMILES string of the molecule is C#Cn1c(N)nc2c(ncn2[C@@H]2O[C@H](CO)[C@@H](O)[C@H]2O)c1=O. The second-order valence-electron chi connectivity index (χ2n) is 4.79. The number of anilines is 1. The number of nitrogen functional groups attached to an aromatic ring is 1. The molecule has 5 N–H and O–H groups in total. The number of nitrogens with zero attached hydrogens (tertiary/aromatic N) is 4. The van der Waals surface area contributed by atoms with Gasteiger partial charge in [0, 0.05) is 6.04 Å². The van der Waals surface area contributed by atoms with Crippen molar-refractivity contribution in [3.63, 3.8) is 0 Å². The number of imidazole rings is 1. The highest BCUT2D eigenvalue weighted by atomic mass is 16.6. The Bertz CT molecular complexity index is 822. The minimum atomic E-state index is -1.33. The lowest BCUT2D eigenvalue weighted by atomic mass is 10.1. The van der Waals surface area contributed by atoms with Gasteiger partial charge in [0.25, 0.3) is 5.56 Å². The van der Waals surface area contributed by atoms with Gasteiger partial charge in [-0.3, -0.25) is 9.36 Å². The van der Waals surface area contributed by atoms with Gasteiger partial charge in [-0.15, -0.1) is 0 Å². The molecule has 0 aliphatic carbocycles. The lowest BCUT2D eigenvalue weighted by Gasteiger charge is -2.16. The van der Waals surface area contributed by atoms with Crippen LogP contribution >= 0.6 is 0 Å². The number of ether oxygens (including phenoxy) is 1. The molecule has 0 spiro atoms. The molecule has 10 heteroatoms. The maximum atomic E-state index is 12.1. The third-order valence-corrected chi connectivity index (χ3v) is 3.54. The van der Waals surface area contributed by atoms with Crippen LogP contribution in [0, 0.1) is 12.5 Å². The molecule has 3 rings (SSSR count). The van der Waals surface area contributed by atoms with Gasteiger partial charge in [0.15, 0.2) is 17.4 Å². The topological polar surface area (TPSA) is 149 Å². The molecule has 4 atom stereocenters. The summed E-state index contributed by atoms with van der Waals surface area (Å²) >= 11 is 0. The first-order chi connectivity index (χ1) is 10.5. The smallest absolute Gasteiger partial charge is 0.294 e. The molecule has 0 amide bonds. The van der Waals surface area contributed by atoms with Gasteiger partial charge in [0.05, 0.1) is 12.9 Å². The molecule has 1 saturated heterocycles. The summed E-state index contributed by atoms with van der Waals surface area (Å²) in [7, 11) is 0. The molecule has 2 aromatic rings. The largest absolute Gasteiger partial charge is 0.394 e. The van der Waals surface area contributed by atoms with Crippen molar-refractivity contribution < 1.29 is 20.1 Å². The van der Waals surface area contributed by atoms with Crippen LogP contribution in [0.15, 0.2) is 11.1 Å². The molecule has 116 valence electrons. The maximum Gasteiger partial charge on any atom is 0.294 e. The van der Waals surface area contributed by atoms with Crippen molar-refractivity contribution in [1.29, 1.82) is 0 Å². The monoisotopic (exact) mass is 307 g/mol. The maximum absolute atomic E-state index is 12.1. The van der Waals surface area contributed by atoms with E-state index >= 15 is 0 Å². The van der Waals surface area contributed by atoms with E-state index in [1.807, 2.05) is 0 Å². The van der Waals surface area contributed by atoms with Crippen LogP contribution in [0.25, 0.3) is 11.2 Å². The van der Waals surface area contributed by atoms with Crippen LogP contribution in [0.5, 0.6) is 0 Å². The third kappa shape index (κ3) is 1.88. The Morgan fingerprint density at radius 3 is 2.77 bits per heavy atom. The summed E-state index contributed by atoms with van der Waals surface area (Å²) in [5.41, 5.74) is 4.99. The summed E-state index contributed by atoms with van der Waals surface area (Å²) in [4.78, 5) is 20.0. The Balaban J connectivity index is 2.14. The van der Waals surface area contributed by atoms with Crippen molar-refractivity contribution in [2.24, 2.45) is 0 Å². The zero-order chi connectivity index (χ0) is 16.0. The number of rotatable bonds is 2. The zero-order valence-corrected chi connectivity index (χ0v) is 11.2. The molecular weight excluding hydrogens is 294 g/mol. The van der Waals surface area contributed by atoms with Crippen LogP contribution in [0.2, 0.25) is 0 Å². The molecule has 0 unspecified atom stereocenters. The number of aliphatic hydroxyl groups excluding tert-OH is 3. The van der Waals surface area contributed by atoms with Crippen LogP contribution < -0.4 is 11.3 Å². The lowest BCUT2D eigenvalue weighted by Crippen LogP contribution is -2.33. The van der Waals surface area contributed by atoms with Gasteiger partial charge >= 0.3 is 0 Å². The Labute approximate surface area is 123 Å². The summed E-state index contributed by atoms with van der Waals surface area (Å²) < 4.78 is 7.43. The lowest BCUT2D eigenvalue weighted by molar-refractivity contribution is -0.0511. The van der Waals surface area contributed by atoms with E-state index in [1.54, 1.807) is 0 Å². The summed E-state index contributed by atoms with van der Waals surface area (Å²) in [6.45, 7) is -0.471. The Kier molecular flexibility index (Phi) is 3.34. The van der Waals surface area contributed by atoms with Gasteiger partial charge in [-0.2, -0.15) is 4.98 Å². The molecule has 0 radical (unpaired) electrons. The predicted octanol–water partition coefficient (Wildman–Crippen LogP) is -2.77. The number of aromatic nitrogens is 4. The van der Waals surface area contributed by atoms with E-state index in [4.69, 9.17) is 22.0 Å². The molecule has 1 aliphatic rings. The Hall–Kier alpha value is -2.45. The highest BCUT2D eigenvalue weighted by molar-refractivity contribution is 5.71. The fourth-order valence-corrected chi connectivity index (χ4v) is 2.41. The minimum absolute atomic E-state index is 0.0510. The van der Waals surface area contributed by atoms with E-state index in [1.165, 1.54) is 10.9 Å². The van der Waals surface area contributed by atoms with E-state index in [-0.39, 0.29) is 17.1 Å². The van der Waals surface area contributed by atoms with Crippen molar-refractivity contribution >= 4 is 17.1 Å². The number of fused-ring (bicyclic) bond motifs is 1. The predicted molar refractivity (Wildman–Crippen MR) is 73.4 cm³/mol. The van der Waals surface area contributed by atoms with Crippen molar-refractivity contribution in [3.05, 3.63) is 16.7 Å². The van der Waals surface area contributed by atoms with Crippen LogP contribution in [0.3, 0.4) is 0 Å². The van der Waals surface area contributed by atoms with Gasteiger partial charge in [-0.25, -0.2) is 9.55 Å². The number of terminal acetylenes is 1. The van der Waals surface area contributed by atoms with Gasteiger partial charge in [0.1, 0.15) is 18.3 Å². The molecule has 0 bridgehead atoms. The molecule has 1 aliphatic heterocycles. The number of nitrogens with two attached hydrogens (primary N) is 1. The summed E-state index contributed by atoms with van der Waals surface area (Å²) in [5.74, 6) is -0.214. The van der Waals surface area contributed by atoms with E-state index in [0.717, 1.165) is 4.57 Å². The molecule has 22 heavy (non-hydrogen) atoms. The Morgan fingerprint density at radius 2 is 2.18 bits per heavy atom. The summed E-state index contributed by atoms with van der Waals surface area (Å²) in [6, 6.07) is 2.08. The van der Waals surface area contributed by atoms with Crippen molar-refractivity contribution in [3.8, 4) is 12.5 Å². The van der Waals surface area contributed by atoms with Crippen LogP contribution in [0.4, 0.5) is 5.95 Å². The molecule has 10 nitrogen and oxygen atoms in total. The first kappa shape index (κ1) is 14.5. The summed E-state index contributed by atoms with van der Waals surface area (Å²) in [5, 5.41) is 28.9. The minimum Gasteiger partial charge on any atom is -0.394 e. The first-order valence-corrected chi connectivity index (χ1v) is 6.33. The van der Waals surface area contributed by atoms with Gasteiger partial charge in [-0.1, -0.05) is 6.42 Å². The Morgan fingerprint density at radius 1 is 1.45 bits per heavy atom. The summed E-state index contributed by atoms with van der Waals surface area (Å²) in [6.07, 6.45) is 1.77. The zero-order valence-electron chi connectivity index (χ0n) is 11.2. The second kappa shape index (κ2) is 5.08. The van der Waals surface area contributed by atoms with Gasteiger partial charge < -0.3 is 25.8 Å². The van der Waals surface area contributed by atoms with Crippen molar-refractivity contribution in [2.75, 3.05) is 12.3 Å². The average Bonchev–Trinajstić information content (AvgIpc) is 3.02. The van der Waals surface area contributed by atoms with Gasteiger partial charge in [0.2, 0.25) is 5.95 Å². The van der Waals surface area contributed by atoms with E-state index in [2.05, 4.69) is 16.0 Å². The normalized spacial score (nSPS) is 28.1. The van der Waals surface area contributed by atoms with Gasteiger partial charge in [-0.05, 0) is 0 Å². The first-order valence-electron chi connectivity index (χ1n) is 6.33. The van der Waals surface area contributed by atoms with E-state index in [9.17, 15) is 15.0 Å². The standard InChI is InChI=1S/C12H13N5O5/c1-2-16-10(21)6-9(15-12(16)13)17(4-14-6)11-8(20)7(19)5(3-18)22-11/h1,4-5,7-8,11,18-20H,3H2,(H2,13,15)/t5-,7-,8-,11-/m1/s1. The molecule has 3 heterocycles. The molecule has 0 aromatic carbocycles. The highest BCUT2D eigenvalue weighted by Gasteiger charge is 2.44. The molecule has 2 aromatic heterocycles. The fourth-order valence-electron chi connectivity index (χ4n) is 2.41. The quantitative estimate of drug-likeness (QED) is 0.435. The molecule has 0 saturated carbocycles. The number of aliphatic hydroxyl groups is 3. The van der Waals surface area contributed by atoms with Crippen molar-refractivity contribution in [1.82, 2.24) is 19.1 Å². The van der Waals surface area contributed by atoms with Crippen LogP contribution in [0.1, 0.15) is 6.23 Å². The van der Waals surface area contributed by atoms with E-state index < -0.39 is 36.7 Å². The van der Waals surface area contributed by atoms with Crippen LogP contribution in [-0.4, -0.2) is 59.3 Å². The van der Waals surface area contributed by atoms with E-state index in [0.29, 0.717) is 0 Å². The average molecular weight is 307 g/mol. The van der Waals surface area contributed by atoms with Crippen molar-refractivity contribution in [2.45, 2.75) is 24.5 Å². The number of hydrogen-bond acceptors (Lipinski definition) is 8. The number of hydrogen-bond donors (Lipinski definition) is 4. The third-order valence-electron chi connectivity index (χ3n) is 3.54. The second-order valence-corrected chi connectivity index (χ2v) is 4.79. The molecule has 1 fully saturated rings.